The smallest absolute Gasteiger partial charge is 0.231 e. The van der Waals surface area contributed by atoms with E-state index in [9.17, 15) is 9.59 Å². The molecule has 1 aliphatic heterocycles. The number of Topliss-reactive ketones (excluding diaryl/α,β-unsaturated/α-hetero) is 1. The second-order valence-corrected chi connectivity index (χ2v) is 1.99. The van der Waals surface area contributed by atoms with E-state index in [0.717, 1.165) is 0 Å². The van der Waals surface area contributed by atoms with E-state index in [4.69, 9.17) is 0 Å². The summed E-state index contributed by atoms with van der Waals surface area (Å²) in [5.41, 5.74) is 0.620. The first-order chi connectivity index (χ1) is 4.20. The SMILES string of the molecule is CC1=CNC(=O)CC1=O. The molecule has 0 aliphatic carbocycles. The topological polar surface area (TPSA) is 46.2 Å². The summed E-state index contributed by atoms with van der Waals surface area (Å²) in [5.74, 6) is -0.302. The molecule has 1 aliphatic rings. The minimum Gasteiger partial charge on any atom is -0.332 e. The molecular formula is C6H7NO2. The van der Waals surface area contributed by atoms with Crippen molar-refractivity contribution in [2.45, 2.75) is 13.3 Å². The van der Waals surface area contributed by atoms with Crippen molar-refractivity contribution >= 4 is 11.7 Å². The number of amides is 1. The van der Waals surface area contributed by atoms with Gasteiger partial charge in [0.1, 0.15) is 0 Å². The lowest BCUT2D eigenvalue weighted by Crippen LogP contribution is -2.26. The van der Waals surface area contributed by atoms with Gasteiger partial charge in [-0.15, -0.1) is 0 Å². The van der Waals surface area contributed by atoms with Gasteiger partial charge in [0.2, 0.25) is 5.91 Å². The van der Waals surface area contributed by atoms with Crippen molar-refractivity contribution in [2.75, 3.05) is 0 Å². The highest BCUT2D eigenvalue weighted by molar-refractivity contribution is 6.09. The number of hydrogen-bond donors (Lipinski definition) is 1. The zero-order chi connectivity index (χ0) is 6.85. The summed E-state index contributed by atoms with van der Waals surface area (Å²) in [6.07, 6.45) is 1.44. The standard InChI is InChI=1S/C6H7NO2/c1-4-3-7-6(9)2-5(4)8/h3H,2H2,1H3,(H,7,9). The average Bonchev–Trinajstić information content (AvgIpc) is 1.80. The van der Waals surface area contributed by atoms with Crippen molar-refractivity contribution in [3.8, 4) is 0 Å². The molecular weight excluding hydrogens is 118 g/mol. The Kier molecular flexibility index (Phi) is 1.34. The van der Waals surface area contributed by atoms with Gasteiger partial charge in [-0.05, 0) is 6.92 Å². The molecule has 0 fully saturated rings. The Labute approximate surface area is 52.7 Å². The van der Waals surface area contributed by atoms with Crippen LogP contribution in [0.2, 0.25) is 0 Å². The maximum atomic E-state index is 10.7. The predicted molar refractivity (Wildman–Crippen MR) is 31.5 cm³/mol. The molecule has 3 nitrogen and oxygen atoms in total. The van der Waals surface area contributed by atoms with E-state index in [1.807, 2.05) is 0 Å². The van der Waals surface area contributed by atoms with Crippen LogP contribution < -0.4 is 5.32 Å². The van der Waals surface area contributed by atoms with Gasteiger partial charge in [0.25, 0.3) is 0 Å². The molecule has 9 heavy (non-hydrogen) atoms. The van der Waals surface area contributed by atoms with Gasteiger partial charge < -0.3 is 5.32 Å². The zero-order valence-electron chi connectivity index (χ0n) is 5.10. The highest BCUT2D eigenvalue weighted by Crippen LogP contribution is 2.01. The molecule has 1 amide bonds. The summed E-state index contributed by atoms with van der Waals surface area (Å²) in [5, 5.41) is 2.44. The fourth-order valence-corrected chi connectivity index (χ4v) is 0.606. The zero-order valence-corrected chi connectivity index (χ0v) is 5.10. The summed E-state index contributed by atoms with van der Waals surface area (Å²) >= 11 is 0. The summed E-state index contributed by atoms with van der Waals surface area (Å²) in [7, 11) is 0. The first kappa shape index (κ1) is 6.01. The second-order valence-electron chi connectivity index (χ2n) is 1.99. The quantitative estimate of drug-likeness (QED) is 0.462. The number of ketones is 1. The number of rotatable bonds is 0. The highest BCUT2D eigenvalue weighted by Gasteiger charge is 2.14. The minimum absolute atomic E-state index is 0.00231. The van der Waals surface area contributed by atoms with Crippen molar-refractivity contribution < 1.29 is 9.59 Å². The Bertz CT molecular complexity index is 193. The van der Waals surface area contributed by atoms with E-state index in [1.54, 1.807) is 6.92 Å². The Balaban J connectivity index is 2.79. The molecule has 1 rings (SSSR count). The van der Waals surface area contributed by atoms with Gasteiger partial charge in [0.15, 0.2) is 5.78 Å². The maximum absolute atomic E-state index is 10.7. The molecule has 1 N–H and O–H groups in total. The van der Waals surface area contributed by atoms with Crippen LogP contribution in [0.15, 0.2) is 11.8 Å². The van der Waals surface area contributed by atoms with Gasteiger partial charge in [0.05, 0.1) is 6.42 Å². The third-order valence-electron chi connectivity index (χ3n) is 1.21. The lowest BCUT2D eigenvalue weighted by molar-refractivity contribution is -0.126. The number of allylic oxidation sites excluding steroid dienone is 1. The van der Waals surface area contributed by atoms with Crippen LogP contribution in [-0.4, -0.2) is 11.7 Å². The van der Waals surface area contributed by atoms with Crippen LogP contribution in [0.1, 0.15) is 13.3 Å². The summed E-state index contributed by atoms with van der Waals surface area (Å²) in [4.78, 5) is 21.1. The first-order valence-corrected chi connectivity index (χ1v) is 2.69. The molecule has 1 heterocycles. The van der Waals surface area contributed by atoms with Gasteiger partial charge in [-0.2, -0.15) is 0 Å². The predicted octanol–water partition coefficient (Wildman–Crippen LogP) is -0.0208. The van der Waals surface area contributed by atoms with Crippen LogP contribution in [0.3, 0.4) is 0 Å². The lowest BCUT2D eigenvalue weighted by Gasteiger charge is -2.06. The summed E-state index contributed by atoms with van der Waals surface area (Å²) < 4.78 is 0. The van der Waals surface area contributed by atoms with Gasteiger partial charge in [-0.25, -0.2) is 0 Å². The molecule has 0 saturated heterocycles. The molecule has 0 bridgehead atoms. The van der Waals surface area contributed by atoms with Crippen LogP contribution in [0, 0.1) is 0 Å². The summed E-state index contributed by atoms with van der Waals surface area (Å²) in [6, 6.07) is 0. The normalized spacial score (nSPS) is 19.0. The van der Waals surface area contributed by atoms with Crippen LogP contribution in [-0.2, 0) is 9.59 Å². The third kappa shape index (κ3) is 1.16. The molecule has 3 heteroatoms. The maximum Gasteiger partial charge on any atom is 0.231 e. The van der Waals surface area contributed by atoms with Gasteiger partial charge in [-0.1, -0.05) is 0 Å². The Morgan fingerprint density at radius 2 is 2.22 bits per heavy atom. The molecule has 0 aromatic rings. The molecule has 0 aromatic heterocycles. The number of hydrogen-bond acceptors (Lipinski definition) is 2. The molecule has 0 atom stereocenters. The van der Waals surface area contributed by atoms with Crippen molar-refractivity contribution in [2.24, 2.45) is 0 Å². The fourth-order valence-electron chi connectivity index (χ4n) is 0.606. The van der Waals surface area contributed by atoms with Crippen LogP contribution >= 0.6 is 0 Å². The second kappa shape index (κ2) is 2.01. The van der Waals surface area contributed by atoms with E-state index in [1.165, 1.54) is 6.20 Å². The van der Waals surface area contributed by atoms with Crippen molar-refractivity contribution in [3.63, 3.8) is 0 Å². The minimum atomic E-state index is -0.217. The molecule has 0 unspecified atom stereocenters. The van der Waals surface area contributed by atoms with E-state index in [0.29, 0.717) is 5.57 Å². The highest BCUT2D eigenvalue weighted by atomic mass is 16.2. The molecule has 0 saturated carbocycles. The van der Waals surface area contributed by atoms with Gasteiger partial charge >= 0.3 is 0 Å². The molecule has 0 aromatic carbocycles. The van der Waals surface area contributed by atoms with Crippen molar-refractivity contribution in [1.82, 2.24) is 5.32 Å². The van der Waals surface area contributed by atoms with Gasteiger partial charge in [0, 0.05) is 11.8 Å². The van der Waals surface area contributed by atoms with Crippen molar-refractivity contribution in [3.05, 3.63) is 11.8 Å². The van der Waals surface area contributed by atoms with E-state index in [-0.39, 0.29) is 18.1 Å². The van der Waals surface area contributed by atoms with Crippen LogP contribution in [0.25, 0.3) is 0 Å². The van der Waals surface area contributed by atoms with Crippen LogP contribution in [0.5, 0.6) is 0 Å². The molecule has 48 valence electrons. The Morgan fingerprint density at radius 3 is 2.67 bits per heavy atom. The van der Waals surface area contributed by atoms with Crippen LogP contribution in [0.4, 0.5) is 0 Å². The average molecular weight is 125 g/mol. The Morgan fingerprint density at radius 1 is 1.56 bits per heavy atom. The molecule has 0 spiro atoms. The number of nitrogens with one attached hydrogen (secondary N) is 1. The Hall–Kier alpha value is -1.12. The first-order valence-electron chi connectivity index (χ1n) is 2.69. The van der Waals surface area contributed by atoms with E-state index in [2.05, 4.69) is 5.32 Å². The fraction of sp³-hybridized carbons (Fsp3) is 0.333. The number of carbonyl (C=O) groups is 2. The lowest BCUT2D eigenvalue weighted by atomic mass is 10.1. The largest absolute Gasteiger partial charge is 0.332 e. The summed E-state index contributed by atoms with van der Waals surface area (Å²) in [6.45, 7) is 1.68. The van der Waals surface area contributed by atoms with Crippen molar-refractivity contribution in [1.29, 1.82) is 0 Å². The van der Waals surface area contributed by atoms with E-state index >= 15 is 0 Å². The third-order valence-corrected chi connectivity index (χ3v) is 1.21. The molecule has 0 radical (unpaired) electrons. The number of carbonyl (C=O) groups excluding carboxylic acids is 2. The van der Waals surface area contributed by atoms with Gasteiger partial charge in [-0.3, -0.25) is 9.59 Å². The van der Waals surface area contributed by atoms with E-state index < -0.39 is 0 Å². The monoisotopic (exact) mass is 125 g/mol.